The van der Waals surface area contributed by atoms with Gasteiger partial charge in [-0.05, 0) is 23.8 Å². The van der Waals surface area contributed by atoms with Gasteiger partial charge in [0.2, 0.25) is 0 Å². The summed E-state index contributed by atoms with van der Waals surface area (Å²) in [6.45, 7) is 1.42. The number of nitrogens with one attached hydrogen (secondary N) is 1. The number of aliphatic imine (C=N–C) groups is 1. The minimum Gasteiger partial charge on any atom is -0.493 e. The fourth-order valence-corrected chi connectivity index (χ4v) is 2.65. The van der Waals surface area contributed by atoms with E-state index < -0.39 is 5.97 Å². The number of ether oxygens (including phenoxy) is 3. The van der Waals surface area contributed by atoms with Crippen LogP contribution in [0.2, 0.25) is 0 Å². The maximum Gasteiger partial charge on any atom is 0.338 e. The molecule has 25 heavy (non-hydrogen) atoms. The number of rotatable bonds is 6. The minimum absolute atomic E-state index is 0.244. The van der Waals surface area contributed by atoms with Gasteiger partial charge >= 0.3 is 5.97 Å². The second-order valence-electron chi connectivity index (χ2n) is 5.45. The van der Waals surface area contributed by atoms with Gasteiger partial charge in [0.25, 0.3) is 0 Å². The third-order valence-electron chi connectivity index (χ3n) is 3.93. The molecule has 2 aromatic rings. The van der Waals surface area contributed by atoms with Crippen LogP contribution < -0.4 is 14.8 Å². The van der Waals surface area contributed by atoms with Crippen LogP contribution in [0.4, 0.5) is 0 Å². The first-order valence-corrected chi connectivity index (χ1v) is 7.98. The molecule has 0 spiro atoms. The Morgan fingerprint density at radius 1 is 1.12 bits per heavy atom. The van der Waals surface area contributed by atoms with Crippen molar-refractivity contribution in [2.24, 2.45) is 4.99 Å². The Morgan fingerprint density at radius 3 is 2.72 bits per heavy atom. The monoisotopic (exact) mass is 340 g/mol. The third kappa shape index (κ3) is 3.74. The number of methoxy groups -OCH3 is 2. The molecule has 6 nitrogen and oxygen atoms in total. The average Bonchev–Trinajstić information content (AvgIpc) is 3.07. The van der Waals surface area contributed by atoms with Crippen LogP contribution in [0.3, 0.4) is 0 Å². The van der Waals surface area contributed by atoms with Crippen LogP contribution in [0, 0.1) is 0 Å². The second-order valence-corrected chi connectivity index (χ2v) is 5.45. The number of hydrogen-bond donors (Lipinski definition) is 1. The van der Waals surface area contributed by atoms with Gasteiger partial charge < -0.3 is 19.5 Å². The number of fused-ring (bicyclic) bond motifs is 1. The van der Waals surface area contributed by atoms with Crippen LogP contribution in [-0.2, 0) is 11.3 Å². The van der Waals surface area contributed by atoms with Crippen molar-refractivity contribution in [1.29, 1.82) is 0 Å². The highest BCUT2D eigenvalue weighted by atomic mass is 16.5. The minimum atomic E-state index is -0.406. The lowest BCUT2D eigenvalue weighted by atomic mass is 10.1. The van der Waals surface area contributed by atoms with Crippen LogP contribution >= 0.6 is 0 Å². The predicted molar refractivity (Wildman–Crippen MR) is 94.5 cm³/mol. The van der Waals surface area contributed by atoms with E-state index in [2.05, 4.69) is 16.4 Å². The highest BCUT2D eigenvalue weighted by Crippen LogP contribution is 2.27. The predicted octanol–water partition coefficient (Wildman–Crippen LogP) is 2.41. The molecule has 0 fully saturated rings. The maximum absolute atomic E-state index is 12.1. The van der Waals surface area contributed by atoms with Gasteiger partial charge in [-0.25, -0.2) is 4.79 Å². The zero-order valence-corrected chi connectivity index (χ0v) is 14.2. The number of esters is 1. The quantitative estimate of drug-likeness (QED) is 0.646. The van der Waals surface area contributed by atoms with Crippen LogP contribution in [0.25, 0.3) is 0 Å². The summed E-state index contributed by atoms with van der Waals surface area (Å²) < 4.78 is 15.6. The summed E-state index contributed by atoms with van der Waals surface area (Å²) >= 11 is 0. The van der Waals surface area contributed by atoms with Gasteiger partial charge in [-0.15, -0.1) is 0 Å². The largest absolute Gasteiger partial charge is 0.493 e. The van der Waals surface area contributed by atoms with Crippen LogP contribution in [-0.4, -0.2) is 39.2 Å². The number of carbonyl (C=O) groups is 1. The summed E-state index contributed by atoms with van der Waals surface area (Å²) in [5.41, 5.74) is 2.72. The van der Waals surface area contributed by atoms with E-state index in [1.54, 1.807) is 25.3 Å². The molecule has 1 heterocycles. The number of benzene rings is 2. The normalized spacial score (nSPS) is 12.2. The molecule has 0 aliphatic carbocycles. The van der Waals surface area contributed by atoms with Crippen LogP contribution in [0.5, 0.6) is 11.5 Å². The first-order chi connectivity index (χ1) is 12.2. The van der Waals surface area contributed by atoms with Crippen LogP contribution in [0.1, 0.15) is 21.5 Å². The van der Waals surface area contributed by atoms with Crippen molar-refractivity contribution >= 4 is 11.8 Å². The Morgan fingerprint density at radius 2 is 1.92 bits per heavy atom. The van der Waals surface area contributed by atoms with Crippen molar-refractivity contribution in [3.63, 3.8) is 0 Å². The Balaban J connectivity index is 1.50. The molecule has 0 aromatic heterocycles. The lowest BCUT2D eigenvalue weighted by Crippen LogP contribution is -2.28. The van der Waals surface area contributed by atoms with Crippen molar-refractivity contribution in [1.82, 2.24) is 5.32 Å². The second kappa shape index (κ2) is 7.70. The van der Waals surface area contributed by atoms with Gasteiger partial charge in [-0.1, -0.05) is 24.3 Å². The van der Waals surface area contributed by atoms with E-state index >= 15 is 0 Å². The van der Waals surface area contributed by atoms with E-state index in [4.69, 9.17) is 14.2 Å². The van der Waals surface area contributed by atoms with Gasteiger partial charge in [0, 0.05) is 5.56 Å². The van der Waals surface area contributed by atoms with Gasteiger partial charge in [0.1, 0.15) is 12.4 Å². The Kier molecular flexibility index (Phi) is 5.18. The molecule has 130 valence electrons. The molecule has 0 radical (unpaired) electrons. The SMILES string of the molecule is COc1ccc(C(=O)OCCNC2=NCc3ccccc32)cc1OC. The Hall–Kier alpha value is -3.02. The van der Waals surface area contributed by atoms with Crippen molar-refractivity contribution < 1.29 is 19.0 Å². The van der Waals surface area contributed by atoms with E-state index in [1.807, 2.05) is 18.2 Å². The molecular formula is C19H20N2O4. The fraction of sp³-hybridized carbons (Fsp3) is 0.263. The molecule has 0 bridgehead atoms. The van der Waals surface area contributed by atoms with Crippen molar-refractivity contribution in [2.75, 3.05) is 27.4 Å². The maximum atomic E-state index is 12.1. The van der Waals surface area contributed by atoms with Gasteiger partial charge in [-0.2, -0.15) is 0 Å². The standard InChI is InChI=1S/C19H20N2O4/c1-23-16-8-7-13(11-17(16)24-2)19(22)25-10-9-20-18-15-6-4-3-5-14(15)12-21-18/h3-8,11H,9-10,12H2,1-2H3,(H,20,21). The van der Waals surface area contributed by atoms with E-state index in [0.717, 1.165) is 11.4 Å². The Bertz CT molecular complexity index is 802. The molecule has 3 rings (SSSR count). The summed E-state index contributed by atoms with van der Waals surface area (Å²) in [5, 5.41) is 3.21. The number of carbonyl (C=O) groups excluding carboxylic acids is 1. The number of hydrogen-bond acceptors (Lipinski definition) is 6. The summed E-state index contributed by atoms with van der Waals surface area (Å²) in [7, 11) is 3.07. The molecule has 0 saturated carbocycles. The van der Waals surface area contributed by atoms with Gasteiger partial charge in [0.15, 0.2) is 11.5 Å². The first kappa shape index (κ1) is 16.8. The third-order valence-corrected chi connectivity index (χ3v) is 3.93. The smallest absolute Gasteiger partial charge is 0.338 e. The molecule has 1 aliphatic heterocycles. The molecule has 0 atom stereocenters. The molecule has 6 heteroatoms. The first-order valence-electron chi connectivity index (χ1n) is 7.98. The summed E-state index contributed by atoms with van der Waals surface area (Å²) in [6.07, 6.45) is 0. The lowest BCUT2D eigenvalue weighted by Gasteiger charge is -2.10. The van der Waals surface area contributed by atoms with E-state index in [9.17, 15) is 4.79 Å². The molecule has 2 aromatic carbocycles. The summed E-state index contributed by atoms with van der Waals surface area (Å²) in [4.78, 5) is 16.6. The summed E-state index contributed by atoms with van der Waals surface area (Å²) in [5.74, 6) is 1.50. The van der Waals surface area contributed by atoms with Crippen molar-refractivity contribution in [3.05, 3.63) is 59.2 Å². The highest BCUT2D eigenvalue weighted by Gasteiger charge is 2.15. The lowest BCUT2D eigenvalue weighted by molar-refractivity contribution is 0.0512. The average molecular weight is 340 g/mol. The highest BCUT2D eigenvalue weighted by molar-refractivity contribution is 6.01. The van der Waals surface area contributed by atoms with E-state index in [0.29, 0.717) is 30.2 Å². The Labute approximate surface area is 146 Å². The van der Waals surface area contributed by atoms with E-state index in [1.165, 1.54) is 12.7 Å². The van der Waals surface area contributed by atoms with Gasteiger partial charge in [-0.3, -0.25) is 4.99 Å². The van der Waals surface area contributed by atoms with E-state index in [-0.39, 0.29) is 6.61 Å². The number of amidine groups is 1. The molecule has 0 amide bonds. The van der Waals surface area contributed by atoms with Crippen LogP contribution in [0.15, 0.2) is 47.5 Å². The molecule has 0 unspecified atom stereocenters. The zero-order valence-electron chi connectivity index (χ0n) is 14.2. The zero-order chi connectivity index (χ0) is 17.6. The van der Waals surface area contributed by atoms with Crippen molar-refractivity contribution in [3.8, 4) is 11.5 Å². The molecule has 1 aliphatic rings. The molecular weight excluding hydrogens is 320 g/mol. The topological polar surface area (TPSA) is 69.2 Å². The van der Waals surface area contributed by atoms with Crippen molar-refractivity contribution in [2.45, 2.75) is 6.54 Å². The fourth-order valence-electron chi connectivity index (χ4n) is 2.65. The molecule has 1 N–H and O–H groups in total. The summed E-state index contributed by atoms with van der Waals surface area (Å²) in [6, 6.07) is 13.0. The molecule has 0 saturated heterocycles. The number of nitrogens with zero attached hydrogens (tertiary/aromatic N) is 1. The van der Waals surface area contributed by atoms with Gasteiger partial charge in [0.05, 0.1) is 32.9 Å².